The first-order valence-electron chi connectivity index (χ1n) is 2.29. The second-order valence-corrected chi connectivity index (χ2v) is 1.30. The van der Waals surface area contributed by atoms with E-state index in [1.807, 2.05) is 0 Å². The van der Waals surface area contributed by atoms with Gasteiger partial charge in [-0.2, -0.15) is 12.1 Å². The molecule has 0 aliphatic carbocycles. The maximum atomic E-state index is 4.77. The largest absolute Gasteiger partial charge is 2.00 e. The van der Waals surface area contributed by atoms with Gasteiger partial charge in [0.15, 0.2) is 0 Å². The van der Waals surface area contributed by atoms with Crippen molar-refractivity contribution >= 4 is 23.1 Å². The quantitative estimate of drug-likeness (QED) is 0.380. The van der Waals surface area contributed by atoms with Crippen LogP contribution >= 0.6 is 0 Å². The number of rotatable bonds is 1. The standard InChI is InChI=1S/C6H6NO.BrH.Mg/c1-8-6-4-2-3-5-7-6;;/h3-5H,1H3;1H;/q-1;;+2/p-1. The van der Waals surface area contributed by atoms with Crippen molar-refractivity contribution in [2.75, 3.05) is 7.11 Å². The average molecular weight is 212 g/mol. The molecule has 0 spiro atoms. The number of hydrogen-bond donors (Lipinski definition) is 0. The van der Waals surface area contributed by atoms with Crippen molar-refractivity contribution < 1.29 is 21.7 Å². The van der Waals surface area contributed by atoms with Gasteiger partial charge in [-0.3, -0.25) is 0 Å². The van der Waals surface area contributed by atoms with Crippen molar-refractivity contribution in [3.05, 3.63) is 24.4 Å². The summed E-state index contributed by atoms with van der Waals surface area (Å²) < 4.78 is 4.77. The molecule has 4 heteroatoms. The van der Waals surface area contributed by atoms with Crippen molar-refractivity contribution in [1.82, 2.24) is 4.98 Å². The Labute approximate surface area is 86.9 Å². The Morgan fingerprint density at radius 2 is 2.30 bits per heavy atom. The van der Waals surface area contributed by atoms with Gasteiger partial charge in [-0.1, -0.05) is 6.20 Å². The Bertz CT molecular complexity index is 159. The average Bonchev–Trinajstić information content (AvgIpc) is 1.90. The zero-order valence-electron chi connectivity index (χ0n) is 5.67. The monoisotopic (exact) mass is 211 g/mol. The molecule has 50 valence electrons. The number of hydrogen-bond acceptors (Lipinski definition) is 2. The van der Waals surface area contributed by atoms with E-state index in [0.29, 0.717) is 5.88 Å². The van der Waals surface area contributed by atoms with E-state index < -0.39 is 0 Å². The molecule has 0 saturated heterocycles. The van der Waals surface area contributed by atoms with E-state index in [1.165, 1.54) is 0 Å². The summed E-state index contributed by atoms with van der Waals surface area (Å²) in [5, 5.41) is 0. The zero-order valence-corrected chi connectivity index (χ0v) is 8.67. The van der Waals surface area contributed by atoms with Gasteiger partial charge < -0.3 is 26.7 Å². The fourth-order valence-electron chi connectivity index (χ4n) is 0.422. The molecule has 1 aromatic heterocycles. The van der Waals surface area contributed by atoms with Gasteiger partial charge in [-0.25, -0.2) is 0 Å². The van der Waals surface area contributed by atoms with Crippen LogP contribution in [0.1, 0.15) is 0 Å². The minimum Gasteiger partial charge on any atom is -1.00 e. The molecule has 0 radical (unpaired) electrons. The van der Waals surface area contributed by atoms with Crippen molar-refractivity contribution in [2.45, 2.75) is 0 Å². The van der Waals surface area contributed by atoms with Gasteiger partial charge >= 0.3 is 23.1 Å². The van der Waals surface area contributed by atoms with Crippen molar-refractivity contribution in [1.29, 1.82) is 0 Å². The van der Waals surface area contributed by atoms with Crippen LogP contribution in [0, 0.1) is 6.07 Å². The normalized spacial score (nSPS) is 6.90. The van der Waals surface area contributed by atoms with E-state index in [1.54, 1.807) is 25.4 Å². The predicted octanol–water partition coefficient (Wildman–Crippen LogP) is -2.49. The molecule has 0 aromatic carbocycles. The van der Waals surface area contributed by atoms with Gasteiger partial charge in [0.1, 0.15) is 0 Å². The maximum Gasteiger partial charge on any atom is 2.00 e. The smallest absolute Gasteiger partial charge is 1.00 e. The summed E-state index contributed by atoms with van der Waals surface area (Å²) in [6.45, 7) is 0. The van der Waals surface area contributed by atoms with Gasteiger partial charge in [-0.05, 0) is 0 Å². The molecule has 0 aliphatic rings. The molecule has 0 unspecified atom stereocenters. The maximum absolute atomic E-state index is 4.77. The Kier molecular flexibility index (Phi) is 9.38. The zero-order chi connectivity index (χ0) is 5.82. The second-order valence-electron chi connectivity index (χ2n) is 1.30. The third-order valence-corrected chi connectivity index (χ3v) is 0.788. The molecule has 0 fully saturated rings. The second kappa shape index (κ2) is 7.30. The van der Waals surface area contributed by atoms with E-state index in [-0.39, 0.29) is 40.0 Å². The Morgan fingerprint density at radius 1 is 1.60 bits per heavy atom. The molecule has 2 nitrogen and oxygen atoms in total. The number of methoxy groups -OCH3 is 1. The molecule has 0 bridgehead atoms. The minimum absolute atomic E-state index is 0. The molecule has 0 atom stereocenters. The van der Waals surface area contributed by atoms with Crippen molar-refractivity contribution in [3.8, 4) is 5.88 Å². The van der Waals surface area contributed by atoms with Crippen LogP contribution in [0.5, 0.6) is 5.88 Å². The fraction of sp³-hybridized carbons (Fsp3) is 0.167. The third-order valence-electron chi connectivity index (χ3n) is 0.788. The summed E-state index contributed by atoms with van der Waals surface area (Å²) in [6.07, 6.45) is 1.64. The summed E-state index contributed by atoms with van der Waals surface area (Å²) in [6, 6.07) is 6.23. The minimum atomic E-state index is 0. The number of nitrogens with zero attached hydrogens (tertiary/aromatic N) is 1. The van der Waals surface area contributed by atoms with Crippen LogP contribution in [0.25, 0.3) is 0 Å². The van der Waals surface area contributed by atoms with Crippen LogP contribution in [0.3, 0.4) is 0 Å². The number of halogens is 1. The van der Waals surface area contributed by atoms with Crippen LogP contribution < -0.4 is 21.7 Å². The molecule has 0 aliphatic heterocycles. The van der Waals surface area contributed by atoms with Crippen LogP contribution in [0.4, 0.5) is 0 Å². The van der Waals surface area contributed by atoms with E-state index >= 15 is 0 Å². The van der Waals surface area contributed by atoms with E-state index in [2.05, 4.69) is 11.1 Å². The predicted molar refractivity (Wildman–Crippen MR) is 35.4 cm³/mol. The summed E-state index contributed by atoms with van der Waals surface area (Å²) in [7, 11) is 1.58. The Hall–Kier alpha value is 0.196. The van der Waals surface area contributed by atoms with Crippen LogP contribution in [-0.4, -0.2) is 35.1 Å². The Balaban J connectivity index is 0. The first-order chi connectivity index (χ1) is 3.93. The van der Waals surface area contributed by atoms with Crippen LogP contribution in [0.15, 0.2) is 18.3 Å². The molecule has 1 rings (SSSR count). The summed E-state index contributed by atoms with van der Waals surface area (Å²) >= 11 is 0. The Morgan fingerprint density at radius 3 is 2.60 bits per heavy atom. The SMILES string of the molecule is COc1c[c-]ccn1.[Br-].[Mg+2]. The van der Waals surface area contributed by atoms with Crippen LogP contribution in [-0.2, 0) is 0 Å². The summed E-state index contributed by atoms with van der Waals surface area (Å²) in [4.78, 5) is 3.84. The van der Waals surface area contributed by atoms with Crippen LogP contribution in [0.2, 0.25) is 0 Å². The molecular formula is C6H6BrMgNO. The molecule has 10 heavy (non-hydrogen) atoms. The van der Waals surface area contributed by atoms with Crippen molar-refractivity contribution in [3.63, 3.8) is 0 Å². The first kappa shape index (κ1) is 12.8. The number of aromatic nitrogens is 1. The van der Waals surface area contributed by atoms with Gasteiger partial charge in [0.05, 0.1) is 13.0 Å². The van der Waals surface area contributed by atoms with E-state index in [9.17, 15) is 0 Å². The molecule has 1 heterocycles. The van der Waals surface area contributed by atoms with Gasteiger partial charge in [0.2, 0.25) is 0 Å². The first-order valence-corrected chi connectivity index (χ1v) is 2.29. The molecule has 0 amide bonds. The fourth-order valence-corrected chi connectivity index (χ4v) is 0.422. The molecule has 0 N–H and O–H groups in total. The van der Waals surface area contributed by atoms with E-state index in [4.69, 9.17) is 4.74 Å². The van der Waals surface area contributed by atoms with Gasteiger partial charge in [0, 0.05) is 0 Å². The topological polar surface area (TPSA) is 22.1 Å². The summed E-state index contributed by atoms with van der Waals surface area (Å²) in [5.41, 5.74) is 0. The molecular weight excluding hydrogens is 206 g/mol. The summed E-state index contributed by atoms with van der Waals surface area (Å²) in [5.74, 6) is 0.604. The third kappa shape index (κ3) is 4.08. The molecule has 0 saturated carbocycles. The van der Waals surface area contributed by atoms with Gasteiger partial charge in [-0.15, -0.1) is 6.07 Å². The number of ether oxygens (including phenoxy) is 1. The van der Waals surface area contributed by atoms with E-state index in [0.717, 1.165) is 0 Å². The van der Waals surface area contributed by atoms with Crippen molar-refractivity contribution in [2.24, 2.45) is 0 Å². The number of pyridine rings is 1. The molecule has 1 aromatic rings. The van der Waals surface area contributed by atoms with Gasteiger partial charge in [0.25, 0.3) is 0 Å².